The van der Waals surface area contributed by atoms with Crippen LogP contribution in [0.5, 0.6) is 0 Å². The molecule has 4 N–H and O–H groups in total. The van der Waals surface area contributed by atoms with Crippen molar-refractivity contribution < 1.29 is 4.79 Å². The third-order valence-corrected chi connectivity index (χ3v) is 7.75. The average Bonchev–Trinajstić information content (AvgIpc) is 3.27. The van der Waals surface area contributed by atoms with E-state index >= 15 is 0 Å². The molecule has 0 fully saturated rings. The second-order valence-electron chi connectivity index (χ2n) is 9.93. The molecule has 0 aliphatic rings. The van der Waals surface area contributed by atoms with Crippen LogP contribution in [0, 0.1) is 13.8 Å². The number of aryl methyl sites for hydroxylation is 4. The molecule has 0 aliphatic heterocycles. The maximum atomic E-state index is 12.6. The Bertz CT molecular complexity index is 1600. The number of anilines is 4. The van der Waals surface area contributed by atoms with Crippen LogP contribution in [0.2, 0.25) is 0 Å². The molecule has 0 radical (unpaired) electrons. The molecule has 0 atom stereocenters. The number of thiophene rings is 1. The average molecular weight is 537 g/mol. The van der Waals surface area contributed by atoms with Gasteiger partial charge in [0.2, 0.25) is 0 Å². The number of hydrogen-bond donors (Lipinski definition) is 3. The Morgan fingerprint density at radius 3 is 2.21 bits per heavy atom. The standard InChI is InChI=1S/C31H32N6OS/c1-19-15-20(2)17-24(16-19)36-31(38)35-23-10-8-22(9-11-23)27-26(39-30-28(27)29(32)33-18-34-30)14-7-21-5-12-25(13-6-21)37(3)4/h5-6,8-13,15-18H,7,14H2,1-4H3,(H2,32,33,34)(H2,35,36,38). The van der Waals surface area contributed by atoms with Gasteiger partial charge in [-0.2, -0.15) is 0 Å². The summed E-state index contributed by atoms with van der Waals surface area (Å²) in [6.07, 6.45) is 3.28. The molecule has 39 heavy (non-hydrogen) atoms. The zero-order chi connectivity index (χ0) is 27.5. The van der Waals surface area contributed by atoms with Gasteiger partial charge in [0.15, 0.2) is 0 Å². The molecule has 0 unspecified atom stereocenters. The summed E-state index contributed by atoms with van der Waals surface area (Å²) in [6, 6.07) is 22.2. The van der Waals surface area contributed by atoms with Gasteiger partial charge in [0, 0.05) is 41.6 Å². The van der Waals surface area contributed by atoms with Gasteiger partial charge < -0.3 is 21.3 Å². The fourth-order valence-corrected chi connectivity index (χ4v) is 5.93. The summed E-state index contributed by atoms with van der Waals surface area (Å²) in [4.78, 5) is 25.6. The number of carbonyl (C=O) groups excluding carboxylic acids is 1. The molecule has 198 valence electrons. The van der Waals surface area contributed by atoms with E-state index < -0.39 is 0 Å². The number of fused-ring (bicyclic) bond motifs is 1. The first kappa shape index (κ1) is 26.2. The highest BCUT2D eigenvalue weighted by Crippen LogP contribution is 2.41. The van der Waals surface area contributed by atoms with E-state index in [1.807, 2.05) is 64.3 Å². The molecule has 2 amide bonds. The van der Waals surface area contributed by atoms with E-state index in [0.29, 0.717) is 11.5 Å². The summed E-state index contributed by atoms with van der Waals surface area (Å²) >= 11 is 1.66. The van der Waals surface area contributed by atoms with E-state index in [1.165, 1.54) is 22.5 Å². The van der Waals surface area contributed by atoms with Crippen molar-refractivity contribution >= 4 is 50.5 Å². The van der Waals surface area contributed by atoms with Crippen molar-refractivity contribution in [2.75, 3.05) is 35.4 Å². The molecule has 0 bridgehead atoms. The van der Waals surface area contributed by atoms with Crippen molar-refractivity contribution in [1.82, 2.24) is 9.97 Å². The van der Waals surface area contributed by atoms with E-state index in [0.717, 1.165) is 51.0 Å². The van der Waals surface area contributed by atoms with Crippen molar-refractivity contribution in [2.45, 2.75) is 26.7 Å². The fraction of sp³-hybridized carbons (Fsp3) is 0.194. The summed E-state index contributed by atoms with van der Waals surface area (Å²) in [5.41, 5.74) is 14.5. The van der Waals surface area contributed by atoms with E-state index in [4.69, 9.17) is 5.73 Å². The smallest absolute Gasteiger partial charge is 0.323 e. The Morgan fingerprint density at radius 2 is 1.54 bits per heavy atom. The maximum Gasteiger partial charge on any atom is 0.323 e. The molecular weight excluding hydrogens is 504 g/mol. The van der Waals surface area contributed by atoms with Crippen LogP contribution in [0.3, 0.4) is 0 Å². The number of rotatable bonds is 7. The Balaban J connectivity index is 1.37. The zero-order valence-corrected chi connectivity index (χ0v) is 23.4. The zero-order valence-electron chi connectivity index (χ0n) is 22.6. The lowest BCUT2D eigenvalue weighted by Gasteiger charge is -2.13. The lowest BCUT2D eigenvalue weighted by Crippen LogP contribution is -2.19. The van der Waals surface area contributed by atoms with Gasteiger partial charge in [-0.05, 0) is 85.3 Å². The first-order valence-electron chi connectivity index (χ1n) is 12.8. The van der Waals surface area contributed by atoms with Gasteiger partial charge in [-0.3, -0.25) is 0 Å². The van der Waals surface area contributed by atoms with Crippen molar-refractivity contribution in [3.05, 3.63) is 94.6 Å². The van der Waals surface area contributed by atoms with Crippen LogP contribution in [0.4, 0.5) is 27.7 Å². The van der Waals surface area contributed by atoms with Crippen molar-refractivity contribution in [3.63, 3.8) is 0 Å². The maximum absolute atomic E-state index is 12.6. The summed E-state index contributed by atoms with van der Waals surface area (Å²) in [5.74, 6) is 0.475. The molecule has 0 aliphatic carbocycles. The molecule has 2 aromatic heterocycles. The van der Waals surface area contributed by atoms with Crippen LogP contribution >= 0.6 is 11.3 Å². The number of carbonyl (C=O) groups is 1. The number of nitrogens with one attached hydrogen (secondary N) is 2. The van der Waals surface area contributed by atoms with Crippen molar-refractivity contribution in [2.24, 2.45) is 0 Å². The number of amides is 2. The van der Waals surface area contributed by atoms with Gasteiger partial charge in [-0.25, -0.2) is 14.8 Å². The Kier molecular flexibility index (Phi) is 7.47. The second kappa shape index (κ2) is 11.1. The first-order valence-corrected chi connectivity index (χ1v) is 13.6. The van der Waals surface area contributed by atoms with Gasteiger partial charge in [-0.1, -0.05) is 30.3 Å². The quantitative estimate of drug-likeness (QED) is 0.207. The molecular formula is C31H32N6OS. The van der Waals surface area contributed by atoms with Gasteiger partial charge in [0.1, 0.15) is 17.0 Å². The highest BCUT2D eigenvalue weighted by atomic mass is 32.1. The van der Waals surface area contributed by atoms with Crippen LogP contribution in [0.1, 0.15) is 21.6 Å². The summed E-state index contributed by atoms with van der Waals surface area (Å²) in [7, 11) is 4.09. The van der Waals surface area contributed by atoms with E-state index in [9.17, 15) is 4.79 Å². The summed E-state index contributed by atoms with van der Waals surface area (Å²) < 4.78 is 0. The Morgan fingerprint density at radius 1 is 0.872 bits per heavy atom. The third kappa shape index (κ3) is 6.02. The molecule has 0 spiro atoms. The van der Waals surface area contributed by atoms with Gasteiger partial charge >= 0.3 is 6.03 Å². The largest absolute Gasteiger partial charge is 0.383 e. The molecule has 2 heterocycles. The first-order chi connectivity index (χ1) is 18.8. The van der Waals surface area contributed by atoms with Gasteiger partial charge in [-0.15, -0.1) is 11.3 Å². The second-order valence-corrected chi connectivity index (χ2v) is 11.0. The van der Waals surface area contributed by atoms with Crippen molar-refractivity contribution in [1.29, 1.82) is 0 Å². The SMILES string of the molecule is Cc1cc(C)cc(NC(=O)Nc2ccc(-c3c(CCc4ccc(N(C)C)cc4)sc4ncnc(N)c34)cc2)c1. The number of hydrogen-bond acceptors (Lipinski definition) is 6. The highest BCUT2D eigenvalue weighted by Gasteiger charge is 2.18. The minimum Gasteiger partial charge on any atom is -0.383 e. The third-order valence-electron chi connectivity index (χ3n) is 6.60. The molecule has 8 heteroatoms. The van der Waals surface area contributed by atoms with Crippen LogP contribution < -0.4 is 21.3 Å². The van der Waals surface area contributed by atoms with E-state index in [-0.39, 0.29) is 6.03 Å². The number of nitrogen functional groups attached to an aromatic ring is 1. The van der Waals surface area contributed by atoms with Crippen LogP contribution in [0.15, 0.2) is 73.1 Å². The monoisotopic (exact) mass is 536 g/mol. The number of benzene rings is 3. The molecule has 5 rings (SSSR count). The van der Waals surface area contributed by atoms with Crippen LogP contribution in [0.25, 0.3) is 21.3 Å². The lowest BCUT2D eigenvalue weighted by molar-refractivity contribution is 0.262. The van der Waals surface area contributed by atoms with E-state index in [1.54, 1.807) is 11.3 Å². The highest BCUT2D eigenvalue weighted by molar-refractivity contribution is 7.19. The Hall–Kier alpha value is -4.43. The molecule has 0 saturated heterocycles. The molecule has 0 saturated carbocycles. The molecule has 7 nitrogen and oxygen atoms in total. The summed E-state index contributed by atoms with van der Waals surface area (Å²) in [6.45, 7) is 4.02. The lowest BCUT2D eigenvalue weighted by atomic mass is 9.99. The van der Waals surface area contributed by atoms with Crippen LogP contribution in [-0.2, 0) is 12.8 Å². The minimum atomic E-state index is -0.285. The van der Waals surface area contributed by atoms with Gasteiger partial charge in [0.25, 0.3) is 0 Å². The predicted molar refractivity (Wildman–Crippen MR) is 164 cm³/mol. The molecule has 3 aromatic carbocycles. The fourth-order valence-electron chi connectivity index (χ4n) is 4.76. The minimum absolute atomic E-state index is 0.285. The van der Waals surface area contributed by atoms with Crippen molar-refractivity contribution in [3.8, 4) is 11.1 Å². The summed E-state index contributed by atoms with van der Waals surface area (Å²) in [5, 5.41) is 6.72. The molecule has 5 aromatic rings. The Labute approximate surface area is 232 Å². The van der Waals surface area contributed by atoms with Gasteiger partial charge in [0.05, 0.1) is 5.39 Å². The number of nitrogens with zero attached hydrogens (tertiary/aromatic N) is 3. The number of nitrogens with two attached hydrogens (primary N) is 1. The predicted octanol–water partition coefficient (Wildman–Crippen LogP) is 7.05. The normalized spacial score (nSPS) is 11.0. The topological polar surface area (TPSA) is 96.2 Å². The number of aromatic nitrogens is 2. The number of urea groups is 1. The van der Waals surface area contributed by atoms with E-state index in [2.05, 4.69) is 55.8 Å². The van der Waals surface area contributed by atoms with Crippen LogP contribution in [-0.4, -0.2) is 30.1 Å².